The lowest BCUT2D eigenvalue weighted by molar-refractivity contribution is -0.0704. The summed E-state index contributed by atoms with van der Waals surface area (Å²) in [6, 6.07) is 2.29. The topological polar surface area (TPSA) is 41.2 Å². The van der Waals surface area contributed by atoms with Crippen molar-refractivity contribution in [1.82, 2.24) is 14.9 Å². The number of nitrogens with zero attached hydrogens (tertiary/aromatic N) is 2. The molecule has 4 rings (SSSR count). The van der Waals surface area contributed by atoms with Crippen molar-refractivity contribution in [2.45, 2.75) is 58.3 Å². The highest BCUT2D eigenvalue weighted by molar-refractivity contribution is 5.82. The third-order valence-corrected chi connectivity index (χ3v) is 4.79. The smallest absolute Gasteiger partial charge is 0.137 e. The van der Waals surface area contributed by atoms with Crippen LogP contribution in [0, 0.1) is 6.92 Å². The first kappa shape index (κ1) is 14.2. The van der Waals surface area contributed by atoms with Gasteiger partial charge in [-0.3, -0.25) is 4.90 Å². The van der Waals surface area contributed by atoms with Gasteiger partial charge < -0.3 is 9.72 Å². The fraction of sp³-hybridized carbons (Fsp3) is 0.611. The average Bonchev–Trinajstić information content (AvgIpc) is 3.23. The third-order valence-electron chi connectivity index (χ3n) is 4.79. The highest BCUT2D eigenvalue weighted by Crippen LogP contribution is 2.43. The number of ether oxygens (including phenoxy) is 1. The zero-order valence-corrected chi connectivity index (χ0v) is 13.7. The molecular formula is C18H25N3O. The molecule has 2 aromatic heterocycles. The number of morpholine rings is 1. The largest absolute Gasteiger partial charge is 0.373 e. The molecule has 0 aromatic carbocycles. The Morgan fingerprint density at radius 1 is 1.27 bits per heavy atom. The molecule has 4 heteroatoms. The van der Waals surface area contributed by atoms with Gasteiger partial charge in [0.15, 0.2) is 0 Å². The highest BCUT2D eigenvalue weighted by Gasteiger charge is 2.31. The van der Waals surface area contributed by atoms with Gasteiger partial charge in [0.05, 0.1) is 12.2 Å². The van der Waals surface area contributed by atoms with Crippen LogP contribution in [0.5, 0.6) is 0 Å². The van der Waals surface area contributed by atoms with Crippen LogP contribution in [0.15, 0.2) is 12.3 Å². The molecule has 4 nitrogen and oxygen atoms in total. The zero-order chi connectivity index (χ0) is 15.3. The van der Waals surface area contributed by atoms with Crippen LogP contribution in [-0.4, -0.2) is 40.2 Å². The lowest BCUT2D eigenvalue weighted by Gasteiger charge is -2.35. The van der Waals surface area contributed by atoms with E-state index in [9.17, 15) is 0 Å². The van der Waals surface area contributed by atoms with Gasteiger partial charge in [-0.25, -0.2) is 4.98 Å². The van der Waals surface area contributed by atoms with Crippen LogP contribution in [0.1, 0.15) is 49.4 Å². The molecule has 2 aromatic rings. The number of nitrogens with one attached hydrogen (secondary N) is 1. The summed E-state index contributed by atoms with van der Waals surface area (Å²) in [5.41, 5.74) is 5.19. The number of aromatic amines is 1. The Kier molecular flexibility index (Phi) is 3.46. The van der Waals surface area contributed by atoms with E-state index in [1.807, 2.05) is 6.20 Å². The Morgan fingerprint density at radius 2 is 2.00 bits per heavy atom. The number of aryl methyl sites for hydroxylation is 1. The molecule has 0 unspecified atom stereocenters. The molecule has 1 saturated carbocycles. The number of H-pyrrole nitrogens is 1. The van der Waals surface area contributed by atoms with E-state index < -0.39 is 0 Å². The second kappa shape index (κ2) is 5.36. The van der Waals surface area contributed by atoms with Gasteiger partial charge in [-0.05, 0) is 56.7 Å². The molecule has 118 valence electrons. The summed E-state index contributed by atoms with van der Waals surface area (Å²) in [6.07, 6.45) is 5.22. The number of hydrogen-bond acceptors (Lipinski definition) is 3. The quantitative estimate of drug-likeness (QED) is 0.945. The fourth-order valence-electron chi connectivity index (χ4n) is 3.77. The van der Waals surface area contributed by atoms with Crippen LogP contribution in [0.25, 0.3) is 11.0 Å². The van der Waals surface area contributed by atoms with Gasteiger partial charge in [0.25, 0.3) is 0 Å². The van der Waals surface area contributed by atoms with Crippen molar-refractivity contribution in [3.8, 4) is 0 Å². The second-order valence-electron chi connectivity index (χ2n) is 7.15. The van der Waals surface area contributed by atoms with Crippen LogP contribution >= 0.6 is 0 Å². The molecular weight excluding hydrogens is 274 g/mol. The molecule has 0 radical (unpaired) electrons. The number of aromatic nitrogens is 2. The minimum absolute atomic E-state index is 0.318. The van der Waals surface area contributed by atoms with E-state index in [-0.39, 0.29) is 0 Å². The van der Waals surface area contributed by atoms with Crippen molar-refractivity contribution in [1.29, 1.82) is 0 Å². The van der Waals surface area contributed by atoms with E-state index in [1.54, 1.807) is 0 Å². The minimum atomic E-state index is 0.318. The fourth-order valence-corrected chi connectivity index (χ4v) is 3.77. The van der Waals surface area contributed by atoms with Gasteiger partial charge >= 0.3 is 0 Å². The van der Waals surface area contributed by atoms with Crippen molar-refractivity contribution in [2.24, 2.45) is 0 Å². The van der Waals surface area contributed by atoms with Crippen LogP contribution in [-0.2, 0) is 11.3 Å². The maximum Gasteiger partial charge on any atom is 0.137 e. The lowest BCUT2D eigenvalue weighted by atomic mass is 10.1. The molecule has 1 saturated heterocycles. The first-order valence-corrected chi connectivity index (χ1v) is 8.45. The normalized spacial score (nSPS) is 26.7. The van der Waals surface area contributed by atoms with Crippen molar-refractivity contribution < 1.29 is 4.74 Å². The molecule has 1 aliphatic carbocycles. The predicted molar refractivity (Wildman–Crippen MR) is 88.1 cm³/mol. The van der Waals surface area contributed by atoms with E-state index >= 15 is 0 Å². The molecule has 2 aliphatic rings. The lowest BCUT2D eigenvalue weighted by Crippen LogP contribution is -2.44. The van der Waals surface area contributed by atoms with E-state index in [1.165, 1.54) is 35.0 Å². The Labute approximate surface area is 131 Å². The molecule has 2 fully saturated rings. The number of hydrogen-bond donors (Lipinski definition) is 1. The zero-order valence-electron chi connectivity index (χ0n) is 13.7. The van der Waals surface area contributed by atoms with Crippen LogP contribution in [0.3, 0.4) is 0 Å². The van der Waals surface area contributed by atoms with Crippen molar-refractivity contribution >= 4 is 11.0 Å². The minimum Gasteiger partial charge on any atom is -0.373 e. The number of pyridine rings is 1. The maximum atomic E-state index is 5.87. The summed E-state index contributed by atoms with van der Waals surface area (Å²) >= 11 is 0. The summed E-state index contributed by atoms with van der Waals surface area (Å²) in [5, 5.41) is 1.31. The van der Waals surface area contributed by atoms with E-state index in [2.05, 4.69) is 41.7 Å². The predicted octanol–water partition coefficient (Wildman–Crippen LogP) is 3.36. The van der Waals surface area contributed by atoms with Gasteiger partial charge in [-0.15, -0.1) is 0 Å². The molecule has 0 bridgehead atoms. The van der Waals surface area contributed by atoms with Crippen molar-refractivity contribution in [2.75, 3.05) is 13.1 Å². The Bertz CT molecular complexity index is 679. The first-order chi connectivity index (χ1) is 10.6. The summed E-state index contributed by atoms with van der Waals surface area (Å²) in [4.78, 5) is 10.7. The molecule has 1 aliphatic heterocycles. The standard InChI is InChI=1S/C18H25N3O/c1-11-6-15-16(10-21-8-12(2)22-13(3)9-21)17(14-4-5-14)20-18(15)19-7-11/h6-7,12-14H,4-5,8-10H2,1-3H3,(H,19,20)/t12-,13-/m0/s1. The molecule has 1 N–H and O–H groups in total. The Morgan fingerprint density at radius 3 is 2.68 bits per heavy atom. The summed E-state index contributed by atoms with van der Waals surface area (Å²) in [5.74, 6) is 0.723. The van der Waals surface area contributed by atoms with Crippen LogP contribution in [0.4, 0.5) is 0 Å². The molecule has 22 heavy (non-hydrogen) atoms. The Hall–Kier alpha value is -1.39. The number of fused-ring (bicyclic) bond motifs is 1. The SMILES string of the molecule is Cc1cnc2[nH]c(C3CC3)c(CN3C[C@H](C)O[C@@H](C)C3)c2c1. The van der Waals surface area contributed by atoms with Crippen molar-refractivity contribution in [3.05, 3.63) is 29.1 Å². The Balaban J connectivity index is 1.70. The second-order valence-corrected chi connectivity index (χ2v) is 7.15. The van der Waals surface area contributed by atoms with Crippen molar-refractivity contribution in [3.63, 3.8) is 0 Å². The summed E-state index contributed by atoms with van der Waals surface area (Å²) in [7, 11) is 0. The number of rotatable bonds is 3. The van der Waals surface area contributed by atoms with Gasteiger partial charge in [0.2, 0.25) is 0 Å². The third kappa shape index (κ3) is 2.66. The van der Waals surface area contributed by atoms with Crippen LogP contribution in [0.2, 0.25) is 0 Å². The summed E-state index contributed by atoms with van der Waals surface area (Å²) < 4.78 is 5.87. The first-order valence-electron chi connectivity index (χ1n) is 8.45. The van der Waals surface area contributed by atoms with Gasteiger partial charge in [-0.1, -0.05) is 0 Å². The van der Waals surface area contributed by atoms with Gasteiger partial charge in [-0.2, -0.15) is 0 Å². The maximum absolute atomic E-state index is 5.87. The molecule has 0 spiro atoms. The average molecular weight is 299 g/mol. The molecule has 0 amide bonds. The highest BCUT2D eigenvalue weighted by atomic mass is 16.5. The van der Waals surface area contributed by atoms with E-state index in [0.29, 0.717) is 12.2 Å². The van der Waals surface area contributed by atoms with Gasteiger partial charge in [0.1, 0.15) is 5.65 Å². The summed E-state index contributed by atoms with van der Waals surface area (Å²) in [6.45, 7) is 9.51. The van der Waals surface area contributed by atoms with E-state index in [4.69, 9.17) is 4.74 Å². The van der Waals surface area contributed by atoms with Crippen LogP contribution < -0.4 is 0 Å². The van der Waals surface area contributed by atoms with Gasteiger partial charge in [0, 0.05) is 36.9 Å². The molecule has 2 atom stereocenters. The molecule has 3 heterocycles. The monoisotopic (exact) mass is 299 g/mol. The van der Waals surface area contributed by atoms with E-state index in [0.717, 1.165) is 31.2 Å².